The monoisotopic (exact) mass is 229 g/mol. The number of H-pyrrole nitrogens is 1. The lowest BCUT2D eigenvalue weighted by Crippen LogP contribution is -2.00. The molecular weight excluding hydrogens is 219 g/mol. The Bertz CT molecular complexity index is 411. The molecule has 0 fully saturated rings. The molecule has 1 aromatic carbocycles. The van der Waals surface area contributed by atoms with Gasteiger partial charge in [0.15, 0.2) is 17.5 Å². The van der Waals surface area contributed by atoms with Crippen LogP contribution in [-0.4, -0.2) is 10.2 Å². The molecular formula is C10H10F3N3. The Morgan fingerprint density at radius 1 is 1.25 bits per heavy atom. The molecule has 2 rings (SSSR count). The van der Waals surface area contributed by atoms with Crippen LogP contribution >= 0.6 is 0 Å². The number of hydrogen-bond donors (Lipinski definition) is 2. The summed E-state index contributed by atoms with van der Waals surface area (Å²) in [7, 11) is 0. The molecule has 0 spiro atoms. The molecule has 0 aliphatic heterocycles. The van der Waals surface area contributed by atoms with Crippen LogP contribution in [0.5, 0.6) is 0 Å². The highest BCUT2D eigenvalue weighted by Gasteiger charge is 2.12. The van der Waals surface area contributed by atoms with E-state index in [-0.39, 0.29) is 5.56 Å². The van der Waals surface area contributed by atoms with Gasteiger partial charge in [-0.3, -0.25) is 5.10 Å². The number of hydrogen-bond acceptors (Lipinski definition) is 2. The van der Waals surface area contributed by atoms with Gasteiger partial charge in [-0.2, -0.15) is 5.10 Å². The van der Waals surface area contributed by atoms with Crippen molar-refractivity contribution in [1.29, 1.82) is 0 Å². The molecule has 16 heavy (non-hydrogen) atoms. The van der Waals surface area contributed by atoms with Gasteiger partial charge in [0.25, 0.3) is 0 Å². The van der Waals surface area contributed by atoms with Crippen LogP contribution in [0.15, 0.2) is 24.5 Å². The first-order valence-electron chi connectivity index (χ1n) is 4.37. The summed E-state index contributed by atoms with van der Waals surface area (Å²) in [5.74, 6) is -3.35. The summed E-state index contributed by atoms with van der Waals surface area (Å²) in [6.45, 7) is 1.31. The highest BCUT2D eigenvalue weighted by molar-refractivity contribution is 5.44. The zero-order valence-corrected chi connectivity index (χ0v) is 8.47. The highest BCUT2D eigenvalue weighted by atomic mass is 19.2. The Balaban J connectivity index is 0.000000212. The number of aryl methyl sites for hydroxylation is 1. The molecule has 0 unspecified atom stereocenters. The fraction of sp³-hybridized carbons (Fsp3) is 0.100. The van der Waals surface area contributed by atoms with Crippen molar-refractivity contribution in [3.05, 3.63) is 47.5 Å². The maximum absolute atomic E-state index is 12.6. The Morgan fingerprint density at radius 2 is 1.94 bits per heavy atom. The number of rotatable bonds is 0. The zero-order valence-electron chi connectivity index (χ0n) is 8.47. The minimum Gasteiger partial charge on any atom is -0.394 e. The Morgan fingerprint density at radius 3 is 2.38 bits per heavy atom. The molecule has 0 atom stereocenters. The van der Waals surface area contributed by atoms with E-state index in [1.165, 1.54) is 6.92 Å². The van der Waals surface area contributed by atoms with Gasteiger partial charge in [0, 0.05) is 12.4 Å². The number of benzene rings is 1. The van der Waals surface area contributed by atoms with Crippen LogP contribution in [0.25, 0.3) is 0 Å². The van der Waals surface area contributed by atoms with E-state index < -0.39 is 23.1 Å². The van der Waals surface area contributed by atoms with Crippen LogP contribution in [0, 0.1) is 24.4 Å². The third kappa shape index (κ3) is 2.75. The second kappa shape index (κ2) is 5.20. The number of nitrogens with one attached hydrogen (secondary N) is 1. The molecule has 0 aliphatic carbocycles. The Hall–Kier alpha value is -1.98. The first-order chi connectivity index (χ1) is 7.54. The molecule has 0 aliphatic rings. The van der Waals surface area contributed by atoms with E-state index in [9.17, 15) is 13.2 Å². The fourth-order valence-electron chi connectivity index (χ4n) is 0.969. The van der Waals surface area contributed by atoms with Crippen molar-refractivity contribution in [1.82, 2.24) is 10.2 Å². The number of aromatic nitrogens is 2. The van der Waals surface area contributed by atoms with Crippen LogP contribution < -0.4 is 5.73 Å². The van der Waals surface area contributed by atoms with E-state index in [1.807, 2.05) is 6.07 Å². The van der Waals surface area contributed by atoms with Crippen molar-refractivity contribution in [2.75, 3.05) is 5.73 Å². The number of aromatic amines is 1. The van der Waals surface area contributed by atoms with E-state index in [0.29, 0.717) is 0 Å². The molecule has 0 saturated heterocycles. The molecule has 3 nitrogen and oxygen atoms in total. The van der Waals surface area contributed by atoms with Crippen molar-refractivity contribution in [3.8, 4) is 0 Å². The van der Waals surface area contributed by atoms with E-state index in [1.54, 1.807) is 12.4 Å². The number of nitrogens with two attached hydrogens (primary N) is 1. The Kier molecular flexibility index (Phi) is 3.93. The van der Waals surface area contributed by atoms with E-state index in [2.05, 4.69) is 10.2 Å². The first kappa shape index (κ1) is 12.1. The molecule has 0 amide bonds. The number of halogens is 3. The molecule has 1 aromatic heterocycles. The smallest absolute Gasteiger partial charge is 0.184 e. The summed E-state index contributed by atoms with van der Waals surface area (Å²) in [4.78, 5) is 0. The maximum atomic E-state index is 12.6. The van der Waals surface area contributed by atoms with E-state index >= 15 is 0 Å². The van der Waals surface area contributed by atoms with Crippen LogP contribution in [0.4, 0.5) is 18.9 Å². The number of anilines is 1. The lowest BCUT2D eigenvalue weighted by atomic mass is 10.2. The summed E-state index contributed by atoms with van der Waals surface area (Å²) >= 11 is 0. The first-order valence-corrected chi connectivity index (χ1v) is 4.37. The van der Waals surface area contributed by atoms with Gasteiger partial charge in [0.05, 0.1) is 0 Å². The van der Waals surface area contributed by atoms with Gasteiger partial charge < -0.3 is 5.73 Å². The fourth-order valence-corrected chi connectivity index (χ4v) is 0.969. The zero-order chi connectivity index (χ0) is 12.1. The predicted molar refractivity (Wildman–Crippen MR) is 54.1 cm³/mol. The van der Waals surface area contributed by atoms with Crippen LogP contribution in [0.3, 0.4) is 0 Å². The van der Waals surface area contributed by atoms with Gasteiger partial charge in [-0.25, -0.2) is 13.2 Å². The predicted octanol–water partition coefficient (Wildman–Crippen LogP) is 2.40. The topological polar surface area (TPSA) is 54.7 Å². The third-order valence-electron chi connectivity index (χ3n) is 1.78. The molecule has 6 heteroatoms. The van der Waals surface area contributed by atoms with Crippen molar-refractivity contribution >= 4 is 5.69 Å². The lowest BCUT2D eigenvalue weighted by molar-refractivity contribution is 0.498. The van der Waals surface area contributed by atoms with Crippen molar-refractivity contribution in [2.24, 2.45) is 0 Å². The lowest BCUT2D eigenvalue weighted by Gasteiger charge is -2.01. The Labute approximate surface area is 90.1 Å². The van der Waals surface area contributed by atoms with E-state index in [4.69, 9.17) is 5.73 Å². The normalized spacial score (nSPS) is 9.50. The second-order valence-electron chi connectivity index (χ2n) is 2.98. The van der Waals surface area contributed by atoms with Crippen molar-refractivity contribution in [3.63, 3.8) is 0 Å². The second-order valence-corrected chi connectivity index (χ2v) is 2.98. The summed E-state index contributed by atoms with van der Waals surface area (Å²) in [6.07, 6.45) is 3.46. The molecule has 3 N–H and O–H groups in total. The summed E-state index contributed by atoms with van der Waals surface area (Å²) in [5, 5.41) is 6.21. The summed E-state index contributed by atoms with van der Waals surface area (Å²) in [5.41, 5.74) is 4.13. The van der Waals surface area contributed by atoms with Crippen molar-refractivity contribution in [2.45, 2.75) is 6.92 Å². The molecule has 0 radical (unpaired) electrons. The van der Waals surface area contributed by atoms with Gasteiger partial charge >= 0.3 is 0 Å². The third-order valence-corrected chi connectivity index (χ3v) is 1.78. The summed E-state index contributed by atoms with van der Waals surface area (Å²) in [6, 6.07) is 2.60. The van der Waals surface area contributed by atoms with Gasteiger partial charge in [-0.1, -0.05) is 0 Å². The van der Waals surface area contributed by atoms with Crippen molar-refractivity contribution < 1.29 is 13.2 Å². The molecule has 0 saturated carbocycles. The van der Waals surface area contributed by atoms with Gasteiger partial charge in [0.2, 0.25) is 0 Å². The van der Waals surface area contributed by atoms with E-state index in [0.717, 1.165) is 6.07 Å². The van der Waals surface area contributed by atoms with Gasteiger partial charge in [-0.15, -0.1) is 0 Å². The standard InChI is InChI=1S/C7H6F3N.C3H4N2/c1-3-2-4(8)6(10)7(11)5(3)9;1-2-4-5-3-1/h2H,11H2,1H3;1-3H,(H,4,5). The average Bonchev–Trinajstić information content (AvgIpc) is 2.82. The highest BCUT2D eigenvalue weighted by Crippen LogP contribution is 2.20. The average molecular weight is 229 g/mol. The summed E-state index contributed by atoms with van der Waals surface area (Å²) < 4.78 is 37.5. The minimum atomic E-state index is -1.33. The van der Waals surface area contributed by atoms with Crippen LogP contribution in [0.1, 0.15) is 5.56 Å². The molecule has 2 aromatic rings. The molecule has 0 bridgehead atoms. The number of nitrogen functional groups attached to an aromatic ring is 1. The number of nitrogens with zero attached hydrogens (tertiary/aromatic N) is 1. The maximum Gasteiger partial charge on any atom is 0.184 e. The molecule has 86 valence electrons. The van der Waals surface area contributed by atoms with Crippen LogP contribution in [-0.2, 0) is 0 Å². The quantitative estimate of drug-likeness (QED) is 0.538. The van der Waals surface area contributed by atoms with Gasteiger partial charge in [-0.05, 0) is 24.6 Å². The largest absolute Gasteiger partial charge is 0.394 e. The van der Waals surface area contributed by atoms with Crippen LogP contribution in [0.2, 0.25) is 0 Å². The van der Waals surface area contributed by atoms with Gasteiger partial charge in [0.1, 0.15) is 5.69 Å². The minimum absolute atomic E-state index is 0.00130. The SMILES string of the molecule is Cc1cc(F)c(F)c(N)c1F.c1cn[nH]c1. The molecule has 1 heterocycles.